The number of benzene rings is 2. The molecule has 6 heteroatoms. The highest BCUT2D eigenvalue weighted by molar-refractivity contribution is 5.90. The zero-order chi connectivity index (χ0) is 19.9. The van der Waals surface area contributed by atoms with Crippen molar-refractivity contribution < 1.29 is 9.13 Å². The van der Waals surface area contributed by atoms with Crippen LogP contribution < -0.4 is 10.1 Å². The summed E-state index contributed by atoms with van der Waals surface area (Å²) in [4.78, 5) is 11.3. The van der Waals surface area contributed by atoms with E-state index in [1.54, 1.807) is 13.2 Å². The molecule has 0 spiro atoms. The Morgan fingerprint density at radius 3 is 2.57 bits per heavy atom. The van der Waals surface area contributed by atoms with Gasteiger partial charge >= 0.3 is 0 Å². The Kier molecular flexibility index (Phi) is 6.55. The molecule has 0 amide bonds. The van der Waals surface area contributed by atoms with E-state index in [4.69, 9.17) is 4.74 Å². The molecule has 0 radical (unpaired) electrons. The summed E-state index contributed by atoms with van der Waals surface area (Å²) in [7, 11) is 5.72. The van der Waals surface area contributed by atoms with Gasteiger partial charge in [0.1, 0.15) is 17.4 Å². The Balaban J connectivity index is 1.85. The van der Waals surface area contributed by atoms with E-state index in [0.29, 0.717) is 22.5 Å². The van der Waals surface area contributed by atoms with Gasteiger partial charge in [-0.25, -0.2) is 14.4 Å². The summed E-state index contributed by atoms with van der Waals surface area (Å²) >= 11 is 0. The maximum Gasteiger partial charge on any atom is 0.154 e. The Hall–Kier alpha value is -2.99. The maximum atomic E-state index is 13.7. The second-order valence-electron chi connectivity index (χ2n) is 6.78. The molecule has 2 aromatic carbocycles. The maximum absolute atomic E-state index is 13.7. The van der Waals surface area contributed by atoms with E-state index in [1.165, 1.54) is 12.1 Å². The number of fused-ring (bicyclic) bond motifs is 1. The zero-order valence-electron chi connectivity index (χ0n) is 16.4. The summed E-state index contributed by atoms with van der Waals surface area (Å²) in [6.45, 7) is 1.72. The van der Waals surface area contributed by atoms with Gasteiger partial charge in [0.05, 0.1) is 12.6 Å². The minimum Gasteiger partial charge on any atom is -0.497 e. The SMILES string of the molecule is COc1ccc(/C=C/c2nc(NCCCN(C)C)c3cc(F)ccc3n2)cc1. The number of methoxy groups -OCH3 is 1. The number of halogens is 1. The van der Waals surface area contributed by atoms with Crippen LogP contribution in [0.15, 0.2) is 42.5 Å². The Labute approximate surface area is 164 Å². The normalized spacial score (nSPS) is 11.5. The van der Waals surface area contributed by atoms with Crippen molar-refractivity contribution in [2.24, 2.45) is 0 Å². The van der Waals surface area contributed by atoms with Crippen LogP contribution in [0.5, 0.6) is 5.75 Å². The Bertz CT molecular complexity index is 955. The Morgan fingerprint density at radius 2 is 1.86 bits per heavy atom. The molecule has 3 rings (SSSR count). The first kappa shape index (κ1) is 19.8. The molecule has 0 aliphatic rings. The number of hydrogen-bond donors (Lipinski definition) is 1. The highest BCUT2D eigenvalue weighted by atomic mass is 19.1. The minimum absolute atomic E-state index is 0.297. The van der Waals surface area contributed by atoms with E-state index in [2.05, 4.69) is 20.2 Å². The molecular weight excluding hydrogens is 355 g/mol. The third kappa shape index (κ3) is 5.27. The van der Waals surface area contributed by atoms with Crippen molar-refractivity contribution in [1.82, 2.24) is 14.9 Å². The predicted molar refractivity (Wildman–Crippen MR) is 113 cm³/mol. The third-order valence-corrected chi connectivity index (χ3v) is 4.29. The molecular formula is C22H25FN4O. The van der Waals surface area contributed by atoms with Crippen LogP contribution in [-0.4, -0.2) is 49.2 Å². The average Bonchev–Trinajstić information content (AvgIpc) is 2.70. The lowest BCUT2D eigenvalue weighted by molar-refractivity contribution is 0.405. The molecule has 5 nitrogen and oxygen atoms in total. The number of anilines is 1. The summed E-state index contributed by atoms with van der Waals surface area (Å²) in [5.41, 5.74) is 1.73. The van der Waals surface area contributed by atoms with Gasteiger partial charge in [0.15, 0.2) is 5.82 Å². The van der Waals surface area contributed by atoms with Crippen molar-refractivity contribution in [2.75, 3.05) is 39.6 Å². The van der Waals surface area contributed by atoms with Gasteiger partial charge in [-0.3, -0.25) is 0 Å². The molecule has 1 aromatic heterocycles. The first-order chi connectivity index (χ1) is 13.5. The number of ether oxygens (including phenoxy) is 1. The van der Waals surface area contributed by atoms with E-state index in [9.17, 15) is 4.39 Å². The molecule has 3 aromatic rings. The van der Waals surface area contributed by atoms with Crippen molar-refractivity contribution in [2.45, 2.75) is 6.42 Å². The molecule has 0 aliphatic carbocycles. The largest absolute Gasteiger partial charge is 0.497 e. The van der Waals surface area contributed by atoms with Crippen LogP contribution in [0, 0.1) is 5.82 Å². The number of nitrogens with one attached hydrogen (secondary N) is 1. The van der Waals surface area contributed by atoms with Crippen molar-refractivity contribution in [3.8, 4) is 5.75 Å². The quantitative estimate of drug-likeness (QED) is 0.590. The van der Waals surface area contributed by atoms with Gasteiger partial charge in [-0.1, -0.05) is 18.2 Å². The fraction of sp³-hybridized carbons (Fsp3) is 0.273. The first-order valence-electron chi connectivity index (χ1n) is 9.23. The minimum atomic E-state index is -0.297. The van der Waals surface area contributed by atoms with E-state index in [-0.39, 0.29) is 5.82 Å². The second kappa shape index (κ2) is 9.28. The molecule has 0 bridgehead atoms. The number of hydrogen-bond acceptors (Lipinski definition) is 5. The van der Waals surface area contributed by atoms with E-state index < -0.39 is 0 Å². The number of aromatic nitrogens is 2. The number of rotatable bonds is 8. The van der Waals surface area contributed by atoms with Gasteiger partial charge in [-0.2, -0.15) is 0 Å². The number of nitrogens with zero attached hydrogens (tertiary/aromatic N) is 3. The fourth-order valence-electron chi connectivity index (χ4n) is 2.82. The smallest absolute Gasteiger partial charge is 0.154 e. The van der Waals surface area contributed by atoms with Gasteiger partial charge in [0.2, 0.25) is 0 Å². The van der Waals surface area contributed by atoms with Crippen LogP contribution in [-0.2, 0) is 0 Å². The summed E-state index contributed by atoms with van der Waals surface area (Å²) < 4.78 is 18.9. The molecule has 28 heavy (non-hydrogen) atoms. The van der Waals surface area contributed by atoms with Gasteiger partial charge in [0, 0.05) is 11.9 Å². The van der Waals surface area contributed by atoms with Crippen LogP contribution in [0.2, 0.25) is 0 Å². The summed E-state index contributed by atoms with van der Waals surface area (Å²) in [5, 5.41) is 4.02. The van der Waals surface area contributed by atoms with Crippen LogP contribution in [0.4, 0.5) is 10.2 Å². The lowest BCUT2D eigenvalue weighted by Gasteiger charge is -2.12. The van der Waals surface area contributed by atoms with Crippen LogP contribution >= 0.6 is 0 Å². The van der Waals surface area contributed by atoms with Crippen LogP contribution in [0.1, 0.15) is 17.8 Å². The molecule has 0 aliphatic heterocycles. The molecule has 0 atom stereocenters. The highest BCUT2D eigenvalue weighted by Crippen LogP contribution is 2.22. The summed E-state index contributed by atoms with van der Waals surface area (Å²) in [6.07, 6.45) is 4.76. The molecule has 0 fully saturated rings. The lowest BCUT2D eigenvalue weighted by atomic mass is 10.2. The zero-order valence-corrected chi connectivity index (χ0v) is 16.4. The predicted octanol–water partition coefficient (Wildman–Crippen LogP) is 4.31. The molecule has 1 heterocycles. The first-order valence-corrected chi connectivity index (χ1v) is 9.23. The molecule has 0 saturated heterocycles. The standard InChI is InChI=1S/C22H25FN4O/c1-27(2)14-4-13-24-22-19-15-17(23)8-11-20(19)25-21(26-22)12-7-16-5-9-18(28-3)10-6-16/h5-12,15H,4,13-14H2,1-3H3,(H,24,25,26)/b12-7+. The van der Waals surface area contributed by atoms with Gasteiger partial charge in [0.25, 0.3) is 0 Å². The summed E-state index contributed by atoms with van der Waals surface area (Å²) in [5.74, 6) is 1.74. The van der Waals surface area contributed by atoms with Crippen molar-refractivity contribution in [3.63, 3.8) is 0 Å². The van der Waals surface area contributed by atoms with Crippen molar-refractivity contribution in [1.29, 1.82) is 0 Å². The molecule has 0 unspecified atom stereocenters. The van der Waals surface area contributed by atoms with Gasteiger partial charge in [-0.05, 0) is 69.0 Å². The summed E-state index contributed by atoms with van der Waals surface area (Å²) in [6, 6.07) is 12.3. The van der Waals surface area contributed by atoms with E-state index in [1.807, 2.05) is 50.5 Å². The average molecular weight is 380 g/mol. The third-order valence-electron chi connectivity index (χ3n) is 4.29. The molecule has 146 valence electrons. The van der Waals surface area contributed by atoms with E-state index in [0.717, 1.165) is 30.8 Å². The lowest BCUT2D eigenvalue weighted by Crippen LogP contribution is -2.17. The van der Waals surface area contributed by atoms with Gasteiger partial charge < -0.3 is 15.0 Å². The fourth-order valence-corrected chi connectivity index (χ4v) is 2.82. The monoisotopic (exact) mass is 380 g/mol. The highest BCUT2D eigenvalue weighted by Gasteiger charge is 2.08. The van der Waals surface area contributed by atoms with Crippen LogP contribution in [0.3, 0.4) is 0 Å². The van der Waals surface area contributed by atoms with Crippen molar-refractivity contribution >= 4 is 28.9 Å². The topological polar surface area (TPSA) is 50.3 Å². The van der Waals surface area contributed by atoms with Gasteiger partial charge in [-0.15, -0.1) is 0 Å². The van der Waals surface area contributed by atoms with Crippen molar-refractivity contribution in [3.05, 3.63) is 59.7 Å². The Morgan fingerprint density at radius 1 is 1.07 bits per heavy atom. The van der Waals surface area contributed by atoms with Crippen LogP contribution in [0.25, 0.3) is 23.1 Å². The molecule has 0 saturated carbocycles. The molecule has 1 N–H and O–H groups in total. The van der Waals surface area contributed by atoms with E-state index >= 15 is 0 Å². The second-order valence-corrected chi connectivity index (χ2v) is 6.78.